The molecule has 2 aliphatic heterocycles. The number of amides is 3. The molecule has 7 nitrogen and oxygen atoms in total. The minimum Gasteiger partial charge on any atom is -0.497 e. The van der Waals surface area contributed by atoms with E-state index in [0.29, 0.717) is 24.6 Å². The third-order valence-corrected chi connectivity index (χ3v) is 5.77. The van der Waals surface area contributed by atoms with Crippen LogP contribution in [0.15, 0.2) is 54.6 Å². The summed E-state index contributed by atoms with van der Waals surface area (Å²) in [4.78, 5) is 42.0. The van der Waals surface area contributed by atoms with Crippen molar-refractivity contribution in [2.24, 2.45) is 0 Å². The van der Waals surface area contributed by atoms with Crippen LogP contribution >= 0.6 is 0 Å². The van der Waals surface area contributed by atoms with E-state index in [1.165, 1.54) is 4.90 Å². The zero-order valence-corrected chi connectivity index (χ0v) is 17.5. The Morgan fingerprint density at radius 3 is 2.52 bits per heavy atom. The quantitative estimate of drug-likeness (QED) is 0.641. The summed E-state index contributed by atoms with van der Waals surface area (Å²) in [5, 5.41) is 0. The van der Waals surface area contributed by atoms with Gasteiger partial charge in [-0.25, -0.2) is 4.90 Å². The van der Waals surface area contributed by atoms with E-state index in [0.717, 1.165) is 18.4 Å². The zero-order chi connectivity index (χ0) is 21.8. The summed E-state index contributed by atoms with van der Waals surface area (Å²) in [6, 6.07) is 15.3. The lowest BCUT2D eigenvalue weighted by Crippen LogP contribution is -2.49. The molecule has 0 bridgehead atoms. The molecule has 0 radical (unpaired) electrons. The first-order valence-electron chi connectivity index (χ1n) is 10.5. The molecule has 0 N–H and O–H groups in total. The lowest BCUT2D eigenvalue weighted by Gasteiger charge is -2.30. The molecule has 2 fully saturated rings. The number of hydrogen-bond donors (Lipinski definition) is 0. The zero-order valence-electron chi connectivity index (χ0n) is 17.5. The van der Waals surface area contributed by atoms with Crippen LogP contribution in [0.4, 0.5) is 5.69 Å². The molecule has 31 heavy (non-hydrogen) atoms. The topological polar surface area (TPSA) is 76.2 Å². The highest BCUT2D eigenvalue weighted by Crippen LogP contribution is 2.28. The van der Waals surface area contributed by atoms with Crippen LogP contribution in [0.25, 0.3) is 0 Å². The Kier molecular flexibility index (Phi) is 6.32. The molecule has 2 unspecified atom stereocenters. The first-order valence-corrected chi connectivity index (χ1v) is 10.5. The smallest absolute Gasteiger partial charge is 0.257 e. The minimum absolute atomic E-state index is 0.0297. The van der Waals surface area contributed by atoms with E-state index >= 15 is 0 Å². The van der Waals surface area contributed by atoms with Gasteiger partial charge in [0, 0.05) is 13.2 Å². The molecule has 3 amide bonds. The standard InChI is InChI=1S/C24H26N2O5/c1-30-19-11-9-18(10-12-19)26-23(28)15-21(24(26)29)25(16-20-8-5-13-31-20)22(27)14-17-6-3-2-4-7-17/h2-4,6-7,9-12,20-21H,5,8,13-16H2,1H3. The second kappa shape index (κ2) is 9.31. The fourth-order valence-electron chi connectivity index (χ4n) is 4.14. The number of hydrogen-bond acceptors (Lipinski definition) is 5. The maximum Gasteiger partial charge on any atom is 0.257 e. The Labute approximate surface area is 181 Å². The number of carbonyl (C=O) groups excluding carboxylic acids is 3. The number of benzene rings is 2. The van der Waals surface area contributed by atoms with Crippen molar-refractivity contribution in [2.75, 3.05) is 25.2 Å². The predicted molar refractivity (Wildman–Crippen MR) is 115 cm³/mol. The van der Waals surface area contributed by atoms with Crippen LogP contribution in [0.2, 0.25) is 0 Å². The summed E-state index contributed by atoms with van der Waals surface area (Å²) in [6.07, 6.45) is 1.80. The number of imide groups is 1. The third-order valence-electron chi connectivity index (χ3n) is 5.77. The molecule has 2 aliphatic rings. The Morgan fingerprint density at radius 1 is 1.13 bits per heavy atom. The highest BCUT2D eigenvalue weighted by molar-refractivity contribution is 6.23. The first kappa shape index (κ1) is 21.1. The van der Waals surface area contributed by atoms with Gasteiger partial charge in [0.1, 0.15) is 11.8 Å². The second-order valence-corrected chi connectivity index (χ2v) is 7.83. The second-order valence-electron chi connectivity index (χ2n) is 7.83. The van der Waals surface area contributed by atoms with Crippen LogP contribution in [-0.4, -0.2) is 55.0 Å². The number of ether oxygens (including phenoxy) is 2. The van der Waals surface area contributed by atoms with Crippen LogP contribution < -0.4 is 9.64 Å². The largest absolute Gasteiger partial charge is 0.497 e. The van der Waals surface area contributed by atoms with Crippen molar-refractivity contribution >= 4 is 23.4 Å². The fourth-order valence-corrected chi connectivity index (χ4v) is 4.14. The summed E-state index contributed by atoms with van der Waals surface area (Å²) < 4.78 is 10.9. The Balaban J connectivity index is 1.56. The molecule has 0 aromatic heterocycles. The van der Waals surface area contributed by atoms with Crippen molar-refractivity contribution in [1.29, 1.82) is 0 Å². The van der Waals surface area contributed by atoms with E-state index in [1.807, 2.05) is 30.3 Å². The van der Waals surface area contributed by atoms with Crippen molar-refractivity contribution in [1.82, 2.24) is 4.90 Å². The molecular formula is C24H26N2O5. The number of rotatable bonds is 7. The van der Waals surface area contributed by atoms with E-state index in [-0.39, 0.29) is 36.7 Å². The van der Waals surface area contributed by atoms with Crippen LogP contribution in [0.5, 0.6) is 5.75 Å². The molecule has 2 saturated heterocycles. The van der Waals surface area contributed by atoms with Crippen molar-refractivity contribution < 1.29 is 23.9 Å². The number of methoxy groups -OCH3 is 1. The average molecular weight is 422 g/mol. The monoisotopic (exact) mass is 422 g/mol. The summed E-state index contributed by atoms with van der Waals surface area (Å²) in [5.74, 6) is -0.235. The van der Waals surface area contributed by atoms with Gasteiger partial charge in [-0.3, -0.25) is 14.4 Å². The van der Waals surface area contributed by atoms with Crippen LogP contribution in [0.1, 0.15) is 24.8 Å². The van der Waals surface area contributed by atoms with Gasteiger partial charge in [-0.15, -0.1) is 0 Å². The molecule has 0 saturated carbocycles. The third kappa shape index (κ3) is 4.61. The van der Waals surface area contributed by atoms with Gasteiger partial charge in [0.25, 0.3) is 5.91 Å². The molecule has 2 heterocycles. The van der Waals surface area contributed by atoms with Gasteiger partial charge in [0.15, 0.2) is 0 Å². The number of anilines is 1. The Bertz CT molecular complexity index is 938. The van der Waals surface area contributed by atoms with E-state index in [9.17, 15) is 14.4 Å². The predicted octanol–water partition coefficient (Wildman–Crippen LogP) is 2.58. The summed E-state index contributed by atoms with van der Waals surface area (Å²) >= 11 is 0. The molecule has 4 rings (SSSR count). The van der Waals surface area contributed by atoms with Gasteiger partial charge >= 0.3 is 0 Å². The van der Waals surface area contributed by atoms with Crippen LogP contribution in [-0.2, 0) is 25.5 Å². The van der Waals surface area contributed by atoms with E-state index in [4.69, 9.17) is 9.47 Å². The molecule has 0 spiro atoms. The molecule has 0 aliphatic carbocycles. The van der Waals surface area contributed by atoms with Crippen molar-refractivity contribution in [3.05, 3.63) is 60.2 Å². The lowest BCUT2D eigenvalue weighted by atomic mass is 10.1. The summed E-state index contributed by atoms with van der Waals surface area (Å²) in [5.41, 5.74) is 1.35. The molecule has 162 valence electrons. The molecule has 2 aromatic rings. The van der Waals surface area contributed by atoms with Crippen molar-refractivity contribution in [2.45, 2.75) is 37.8 Å². The molecule has 7 heteroatoms. The van der Waals surface area contributed by atoms with E-state index < -0.39 is 6.04 Å². The highest BCUT2D eigenvalue weighted by atomic mass is 16.5. The van der Waals surface area contributed by atoms with Crippen molar-refractivity contribution in [3.8, 4) is 5.75 Å². The van der Waals surface area contributed by atoms with Gasteiger partial charge in [0.05, 0.1) is 31.7 Å². The lowest BCUT2D eigenvalue weighted by molar-refractivity contribution is -0.139. The summed E-state index contributed by atoms with van der Waals surface area (Å²) in [7, 11) is 1.55. The summed E-state index contributed by atoms with van der Waals surface area (Å²) in [6.45, 7) is 0.965. The van der Waals surface area contributed by atoms with Crippen molar-refractivity contribution in [3.63, 3.8) is 0 Å². The van der Waals surface area contributed by atoms with Gasteiger partial charge in [-0.1, -0.05) is 30.3 Å². The Hall–Kier alpha value is -3.19. The first-order chi connectivity index (χ1) is 15.1. The maximum atomic E-state index is 13.3. The highest BCUT2D eigenvalue weighted by Gasteiger charge is 2.45. The van der Waals surface area contributed by atoms with Crippen LogP contribution in [0.3, 0.4) is 0 Å². The van der Waals surface area contributed by atoms with Crippen LogP contribution in [0, 0.1) is 0 Å². The minimum atomic E-state index is -0.824. The molecular weight excluding hydrogens is 396 g/mol. The normalized spacial score (nSPS) is 20.9. The average Bonchev–Trinajstić information content (AvgIpc) is 3.40. The molecule has 2 aromatic carbocycles. The number of nitrogens with zero attached hydrogens (tertiary/aromatic N) is 2. The van der Waals surface area contributed by atoms with Gasteiger partial charge in [0.2, 0.25) is 11.8 Å². The SMILES string of the molecule is COc1ccc(N2C(=O)CC(N(CC3CCCO3)C(=O)Cc3ccccc3)C2=O)cc1. The molecule has 2 atom stereocenters. The van der Waals surface area contributed by atoms with E-state index in [1.54, 1.807) is 36.3 Å². The fraction of sp³-hybridized carbons (Fsp3) is 0.375. The Morgan fingerprint density at radius 2 is 1.87 bits per heavy atom. The van der Waals surface area contributed by atoms with E-state index in [2.05, 4.69) is 0 Å². The number of carbonyl (C=O) groups is 3. The van der Waals surface area contributed by atoms with Gasteiger partial charge in [-0.2, -0.15) is 0 Å². The maximum absolute atomic E-state index is 13.3. The van der Waals surface area contributed by atoms with Gasteiger partial charge in [-0.05, 0) is 42.7 Å². The van der Waals surface area contributed by atoms with Gasteiger partial charge < -0.3 is 14.4 Å².